The van der Waals surface area contributed by atoms with Gasteiger partial charge in [-0.1, -0.05) is 6.07 Å². The van der Waals surface area contributed by atoms with Crippen LogP contribution >= 0.6 is 0 Å². The Morgan fingerprint density at radius 2 is 1.77 bits per heavy atom. The van der Waals surface area contributed by atoms with E-state index in [0.717, 1.165) is 49.0 Å². The number of hydrogen-bond donors (Lipinski definition) is 0. The van der Waals surface area contributed by atoms with E-state index in [9.17, 15) is 18.4 Å². The summed E-state index contributed by atoms with van der Waals surface area (Å²) >= 11 is 0. The zero-order chi connectivity index (χ0) is 28.2. The monoisotopic (exact) mass is 548 g/mol. The number of ether oxygens (including phenoxy) is 2. The Balaban J connectivity index is 1.33. The second kappa shape index (κ2) is 9.92. The van der Waals surface area contributed by atoms with Crippen LogP contribution in [-0.4, -0.2) is 58.8 Å². The van der Waals surface area contributed by atoms with Gasteiger partial charge >= 0.3 is 6.09 Å². The molecule has 0 saturated carbocycles. The summed E-state index contributed by atoms with van der Waals surface area (Å²) in [5.41, 5.74) is 1.59. The number of carbonyl (C=O) groups is 2. The van der Waals surface area contributed by atoms with Crippen molar-refractivity contribution < 1.29 is 27.8 Å². The molecule has 3 aliphatic heterocycles. The van der Waals surface area contributed by atoms with Gasteiger partial charge in [0.25, 0.3) is 5.91 Å². The lowest BCUT2D eigenvalue weighted by molar-refractivity contribution is 0.0247. The molecule has 3 aromatic rings. The molecule has 40 heavy (non-hydrogen) atoms. The van der Waals surface area contributed by atoms with Crippen LogP contribution in [0.3, 0.4) is 0 Å². The number of pyridine rings is 2. The van der Waals surface area contributed by atoms with Gasteiger partial charge in [0.1, 0.15) is 17.2 Å². The van der Waals surface area contributed by atoms with Gasteiger partial charge in [0.2, 0.25) is 0 Å². The van der Waals surface area contributed by atoms with E-state index < -0.39 is 29.2 Å². The Morgan fingerprint density at radius 3 is 2.40 bits per heavy atom. The average molecular weight is 549 g/mol. The number of amides is 2. The SMILES string of the molecule is CC(C)(C)OC(=O)N1Cc2nc(-c3c(F)cccc3F)cc(Cc3ccc(N4C[C@H]5COC[C@H]5C4)cn3)c2C1=O. The molecule has 5 heterocycles. The van der Waals surface area contributed by atoms with Crippen LogP contribution in [0, 0.1) is 23.5 Å². The third-order valence-electron chi connectivity index (χ3n) is 7.56. The molecule has 2 saturated heterocycles. The van der Waals surface area contributed by atoms with Crippen molar-refractivity contribution in [3.8, 4) is 11.3 Å². The fourth-order valence-corrected chi connectivity index (χ4v) is 5.66. The average Bonchev–Trinajstić information content (AvgIpc) is 3.57. The molecule has 0 unspecified atom stereocenters. The van der Waals surface area contributed by atoms with Crippen molar-refractivity contribution in [1.82, 2.24) is 14.9 Å². The van der Waals surface area contributed by atoms with Gasteiger partial charge in [-0.15, -0.1) is 0 Å². The molecule has 208 valence electrons. The smallest absolute Gasteiger partial charge is 0.417 e. The standard InChI is InChI=1S/C30H30F2N4O4/c1-30(2,3)40-29(38)36-14-25-26(28(36)37)17(10-24(34-25)27-22(31)5-4-6-23(27)32)9-20-7-8-21(11-33-20)35-12-18-15-39-16-19(18)13-35/h4-8,10-11,18-19H,9,12-16H2,1-3H3/t18-,19+. The molecule has 2 aromatic heterocycles. The maximum Gasteiger partial charge on any atom is 0.417 e. The predicted octanol–water partition coefficient (Wildman–Crippen LogP) is 4.99. The maximum atomic E-state index is 14.7. The highest BCUT2D eigenvalue weighted by atomic mass is 19.1. The summed E-state index contributed by atoms with van der Waals surface area (Å²) in [6.45, 7) is 8.40. The minimum Gasteiger partial charge on any atom is -0.443 e. The van der Waals surface area contributed by atoms with E-state index in [4.69, 9.17) is 9.47 Å². The van der Waals surface area contributed by atoms with Gasteiger partial charge in [0.05, 0.1) is 54.2 Å². The Kier molecular flexibility index (Phi) is 6.53. The number of benzene rings is 1. The van der Waals surface area contributed by atoms with Gasteiger partial charge in [-0.05, 0) is 56.7 Å². The molecule has 0 bridgehead atoms. The first-order chi connectivity index (χ1) is 19.1. The molecular weight excluding hydrogens is 518 g/mol. The van der Waals surface area contributed by atoms with E-state index in [2.05, 4.69) is 14.9 Å². The quantitative estimate of drug-likeness (QED) is 0.454. The summed E-state index contributed by atoms with van der Waals surface area (Å²) in [5, 5.41) is 0. The van der Waals surface area contributed by atoms with Crippen LogP contribution in [0.2, 0.25) is 0 Å². The van der Waals surface area contributed by atoms with Crippen molar-refractivity contribution in [2.24, 2.45) is 11.8 Å². The number of nitrogens with zero attached hydrogens (tertiary/aromatic N) is 4. The van der Waals surface area contributed by atoms with Crippen LogP contribution in [0.15, 0.2) is 42.6 Å². The number of aromatic nitrogens is 2. The number of hydrogen-bond acceptors (Lipinski definition) is 7. The molecular formula is C30H30F2N4O4. The zero-order valence-corrected chi connectivity index (χ0v) is 22.6. The molecule has 6 rings (SSSR count). The fourth-order valence-electron chi connectivity index (χ4n) is 5.66. The Morgan fingerprint density at radius 1 is 1.07 bits per heavy atom. The van der Waals surface area contributed by atoms with E-state index in [0.29, 0.717) is 23.1 Å². The molecule has 0 aliphatic carbocycles. The van der Waals surface area contributed by atoms with E-state index in [1.54, 1.807) is 20.8 Å². The summed E-state index contributed by atoms with van der Waals surface area (Å²) in [4.78, 5) is 38.6. The van der Waals surface area contributed by atoms with Crippen LogP contribution in [0.4, 0.5) is 19.3 Å². The van der Waals surface area contributed by atoms with E-state index in [1.807, 2.05) is 18.3 Å². The van der Waals surface area contributed by atoms with Crippen molar-refractivity contribution in [1.29, 1.82) is 0 Å². The van der Waals surface area contributed by atoms with Gasteiger partial charge in [-0.2, -0.15) is 0 Å². The third kappa shape index (κ3) is 4.92. The molecule has 10 heteroatoms. The molecule has 1 aromatic carbocycles. The first-order valence-corrected chi connectivity index (χ1v) is 13.4. The number of fused-ring (bicyclic) bond motifs is 2. The van der Waals surface area contributed by atoms with Crippen molar-refractivity contribution in [3.63, 3.8) is 0 Å². The highest BCUT2D eigenvalue weighted by molar-refractivity contribution is 6.07. The lowest BCUT2D eigenvalue weighted by atomic mass is 9.98. The summed E-state index contributed by atoms with van der Waals surface area (Å²) in [5.74, 6) is -1.02. The molecule has 3 aliphatic rings. The Hall–Kier alpha value is -3.92. The van der Waals surface area contributed by atoms with Crippen molar-refractivity contribution >= 4 is 17.7 Å². The molecule has 2 amide bonds. The summed E-state index contributed by atoms with van der Waals surface area (Å²) < 4.78 is 40.5. The Bertz CT molecular complexity index is 1460. The minimum absolute atomic E-state index is 0.0469. The fraction of sp³-hybridized carbons (Fsp3) is 0.400. The first-order valence-electron chi connectivity index (χ1n) is 13.4. The van der Waals surface area contributed by atoms with Crippen molar-refractivity contribution in [2.45, 2.75) is 39.3 Å². The van der Waals surface area contributed by atoms with Gasteiger partial charge in [-0.25, -0.2) is 23.5 Å². The number of halogens is 2. The number of rotatable bonds is 4. The van der Waals surface area contributed by atoms with Crippen molar-refractivity contribution in [3.05, 3.63) is 76.7 Å². The largest absolute Gasteiger partial charge is 0.443 e. The minimum atomic E-state index is -0.809. The van der Waals surface area contributed by atoms with E-state index >= 15 is 0 Å². The molecule has 0 spiro atoms. The zero-order valence-electron chi connectivity index (χ0n) is 22.6. The van der Waals surface area contributed by atoms with Gasteiger partial charge in [-0.3, -0.25) is 9.78 Å². The lowest BCUT2D eigenvalue weighted by Gasteiger charge is -2.23. The van der Waals surface area contributed by atoms with Gasteiger partial charge < -0.3 is 14.4 Å². The highest BCUT2D eigenvalue weighted by Crippen LogP contribution is 2.35. The van der Waals surface area contributed by atoms with E-state index in [1.165, 1.54) is 12.1 Å². The van der Waals surface area contributed by atoms with Crippen LogP contribution in [0.25, 0.3) is 11.3 Å². The second-order valence-corrected chi connectivity index (χ2v) is 11.6. The van der Waals surface area contributed by atoms with Crippen LogP contribution in [0.1, 0.15) is 48.1 Å². The van der Waals surface area contributed by atoms with Crippen molar-refractivity contribution in [2.75, 3.05) is 31.2 Å². The molecule has 2 fully saturated rings. The van der Waals surface area contributed by atoms with Crippen LogP contribution in [0.5, 0.6) is 0 Å². The van der Waals surface area contributed by atoms with E-state index in [-0.39, 0.29) is 35.5 Å². The number of anilines is 1. The lowest BCUT2D eigenvalue weighted by Crippen LogP contribution is -2.37. The van der Waals surface area contributed by atoms with Crippen LogP contribution in [-0.2, 0) is 22.4 Å². The topological polar surface area (TPSA) is 84.9 Å². The summed E-state index contributed by atoms with van der Waals surface area (Å²) in [7, 11) is 0. The molecule has 8 nitrogen and oxygen atoms in total. The molecule has 0 radical (unpaired) electrons. The van der Waals surface area contributed by atoms with Gasteiger partial charge in [0.15, 0.2) is 0 Å². The molecule has 0 N–H and O–H groups in total. The number of carbonyl (C=O) groups excluding carboxylic acids is 2. The number of imide groups is 1. The first kappa shape index (κ1) is 26.3. The highest BCUT2D eigenvalue weighted by Gasteiger charge is 2.39. The summed E-state index contributed by atoms with van der Waals surface area (Å²) in [6, 6.07) is 8.99. The third-order valence-corrected chi connectivity index (χ3v) is 7.56. The van der Waals surface area contributed by atoms with Crippen LogP contribution < -0.4 is 4.90 Å². The Labute approximate surface area is 230 Å². The maximum absolute atomic E-state index is 14.7. The predicted molar refractivity (Wildman–Crippen MR) is 143 cm³/mol. The second-order valence-electron chi connectivity index (χ2n) is 11.6. The normalized spacial score (nSPS) is 20.2. The van der Waals surface area contributed by atoms with Gasteiger partial charge in [0, 0.05) is 37.0 Å². The molecule has 2 atom stereocenters. The summed E-state index contributed by atoms with van der Waals surface area (Å²) in [6.07, 6.45) is 1.22.